The van der Waals surface area contributed by atoms with E-state index in [9.17, 15) is 29.7 Å². The van der Waals surface area contributed by atoms with Gasteiger partial charge in [-0.15, -0.1) is 0 Å². The van der Waals surface area contributed by atoms with Crippen LogP contribution in [0.4, 0.5) is 9.59 Å². The zero-order valence-corrected chi connectivity index (χ0v) is 24.9. The average Bonchev–Trinajstić information content (AvgIpc) is 3.22. The van der Waals surface area contributed by atoms with E-state index in [-0.39, 0.29) is 30.5 Å². The third-order valence-corrected chi connectivity index (χ3v) is 8.24. The molecule has 0 aliphatic carbocycles. The van der Waals surface area contributed by atoms with Gasteiger partial charge in [0.25, 0.3) is 0 Å². The topological polar surface area (TPSA) is 156 Å². The number of alkyl carbamates (subject to hydrolysis) is 1. The van der Waals surface area contributed by atoms with E-state index in [0.717, 1.165) is 18.4 Å². The lowest BCUT2D eigenvalue weighted by molar-refractivity contribution is -0.135. The maximum Gasteiger partial charge on any atom is 0.475 e. The van der Waals surface area contributed by atoms with Crippen molar-refractivity contribution in [2.75, 3.05) is 46.4 Å². The Morgan fingerprint density at radius 3 is 2.40 bits per heavy atom. The van der Waals surface area contributed by atoms with Gasteiger partial charge in [0, 0.05) is 38.3 Å². The molecule has 2 aliphatic heterocycles. The number of amides is 3. The number of nitriles is 1. The molecular formula is C29H44BN5O7. The minimum absolute atomic E-state index is 0.175. The van der Waals surface area contributed by atoms with Crippen molar-refractivity contribution in [1.82, 2.24) is 20.0 Å². The Bertz CT molecular complexity index is 1080. The molecule has 0 spiro atoms. The first kappa shape index (κ1) is 33.2. The van der Waals surface area contributed by atoms with Crippen LogP contribution in [-0.2, 0) is 20.7 Å². The third-order valence-electron chi connectivity index (χ3n) is 8.24. The van der Waals surface area contributed by atoms with Gasteiger partial charge in [-0.2, -0.15) is 5.26 Å². The normalized spacial score (nSPS) is 19.6. The molecule has 2 fully saturated rings. The van der Waals surface area contributed by atoms with Crippen LogP contribution in [0, 0.1) is 17.2 Å². The number of benzene rings is 1. The first-order chi connectivity index (χ1) is 20.0. The Labute approximate surface area is 248 Å². The second-order valence-electron chi connectivity index (χ2n) is 11.6. The molecule has 1 aromatic carbocycles. The molecule has 42 heavy (non-hydrogen) atoms. The molecule has 13 heteroatoms. The van der Waals surface area contributed by atoms with Crippen LogP contribution in [0.5, 0.6) is 0 Å². The van der Waals surface area contributed by atoms with Crippen molar-refractivity contribution in [2.45, 2.75) is 70.0 Å². The quantitative estimate of drug-likeness (QED) is 0.349. The highest BCUT2D eigenvalue weighted by molar-refractivity contribution is 6.43. The van der Waals surface area contributed by atoms with E-state index in [1.165, 1.54) is 7.11 Å². The van der Waals surface area contributed by atoms with Crippen LogP contribution in [0.25, 0.3) is 0 Å². The number of nitrogens with zero attached hydrogens (tertiary/aromatic N) is 4. The summed E-state index contributed by atoms with van der Waals surface area (Å²) in [7, 11) is -0.404. The number of carbonyl (C=O) groups excluding carboxylic acids is 3. The second kappa shape index (κ2) is 15.8. The molecule has 2 heterocycles. The van der Waals surface area contributed by atoms with Crippen molar-refractivity contribution in [3.05, 3.63) is 35.9 Å². The fourth-order valence-corrected chi connectivity index (χ4v) is 5.58. The summed E-state index contributed by atoms with van der Waals surface area (Å²) in [5.41, 5.74) is 0.560. The van der Waals surface area contributed by atoms with Gasteiger partial charge in [-0.3, -0.25) is 9.69 Å². The summed E-state index contributed by atoms with van der Waals surface area (Å²) in [6.07, 6.45) is 1.56. The summed E-state index contributed by atoms with van der Waals surface area (Å²) in [6.45, 7) is 7.30. The molecule has 2 saturated heterocycles. The predicted octanol–water partition coefficient (Wildman–Crippen LogP) is 1.80. The van der Waals surface area contributed by atoms with Crippen molar-refractivity contribution < 1.29 is 33.9 Å². The summed E-state index contributed by atoms with van der Waals surface area (Å²) in [5, 5.41) is 32.0. The van der Waals surface area contributed by atoms with Gasteiger partial charge in [0.2, 0.25) is 5.91 Å². The summed E-state index contributed by atoms with van der Waals surface area (Å²) < 4.78 is 10.4. The lowest BCUT2D eigenvalue weighted by Gasteiger charge is -2.44. The molecule has 1 aromatic rings. The van der Waals surface area contributed by atoms with E-state index in [4.69, 9.17) is 9.47 Å². The maximum atomic E-state index is 13.4. The largest absolute Gasteiger partial charge is 0.475 e. The summed E-state index contributed by atoms with van der Waals surface area (Å²) >= 11 is 0. The van der Waals surface area contributed by atoms with E-state index in [2.05, 4.69) is 30.1 Å². The van der Waals surface area contributed by atoms with Crippen LogP contribution in [0.2, 0.25) is 0 Å². The molecule has 0 aromatic heterocycles. The van der Waals surface area contributed by atoms with Crippen LogP contribution in [0.1, 0.15) is 51.5 Å². The van der Waals surface area contributed by atoms with Crippen LogP contribution >= 0.6 is 0 Å². The van der Waals surface area contributed by atoms with Gasteiger partial charge >= 0.3 is 19.3 Å². The van der Waals surface area contributed by atoms with Crippen LogP contribution in [-0.4, -0.2) is 114 Å². The molecule has 0 bridgehead atoms. The first-order valence-electron chi connectivity index (χ1n) is 14.7. The molecule has 3 amide bonds. The van der Waals surface area contributed by atoms with E-state index in [0.29, 0.717) is 52.0 Å². The van der Waals surface area contributed by atoms with Crippen molar-refractivity contribution in [1.29, 1.82) is 5.26 Å². The smallest absolute Gasteiger partial charge is 0.453 e. The number of hydrogen-bond acceptors (Lipinski definition) is 9. The lowest BCUT2D eigenvalue weighted by Crippen LogP contribution is -2.55. The van der Waals surface area contributed by atoms with Gasteiger partial charge in [-0.25, -0.2) is 9.59 Å². The van der Waals surface area contributed by atoms with Crippen molar-refractivity contribution >= 4 is 25.2 Å². The highest BCUT2D eigenvalue weighted by Crippen LogP contribution is 2.26. The minimum Gasteiger partial charge on any atom is -0.453 e. The molecule has 230 valence electrons. The third kappa shape index (κ3) is 9.61. The Kier molecular flexibility index (Phi) is 12.5. The maximum absolute atomic E-state index is 13.4. The van der Waals surface area contributed by atoms with Gasteiger partial charge in [0.05, 0.1) is 25.7 Å². The van der Waals surface area contributed by atoms with E-state index < -0.39 is 31.2 Å². The molecule has 3 atom stereocenters. The molecular weight excluding hydrogens is 541 g/mol. The van der Waals surface area contributed by atoms with Gasteiger partial charge < -0.3 is 34.6 Å². The van der Waals surface area contributed by atoms with Crippen LogP contribution in [0.15, 0.2) is 30.3 Å². The number of carbonyl (C=O) groups is 3. The number of nitrogens with one attached hydrogen (secondary N) is 1. The average molecular weight is 586 g/mol. The van der Waals surface area contributed by atoms with Crippen molar-refractivity contribution in [2.24, 2.45) is 5.92 Å². The Morgan fingerprint density at radius 1 is 1.10 bits per heavy atom. The molecule has 3 N–H and O–H groups in total. The Morgan fingerprint density at radius 2 is 1.79 bits per heavy atom. The molecule has 1 unspecified atom stereocenters. The van der Waals surface area contributed by atoms with Crippen molar-refractivity contribution in [3.63, 3.8) is 0 Å². The van der Waals surface area contributed by atoms with Crippen LogP contribution < -0.4 is 5.32 Å². The lowest BCUT2D eigenvalue weighted by atomic mass is 9.76. The van der Waals surface area contributed by atoms with Gasteiger partial charge in [-0.05, 0) is 57.9 Å². The van der Waals surface area contributed by atoms with Gasteiger partial charge in [-0.1, -0.05) is 30.3 Å². The monoisotopic (exact) mass is 585 g/mol. The van der Waals surface area contributed by atoms with Gasteiger partial charge in [0.1, 0.15) is 12.0 Å². The van der Waals surface area contributed by atoms with Crippen LogP contribution in [0.3, 0.4) is 0 Å². The molecule has 0 saturated carbocycles. The minimum atomic E-state index is -1.78. The zero-order chi connectivity index (χ0) is 30.7. The summed E-state index contributed by atoms with van der Waals surface area (Å²) in [5.74, 6) is -2.06. The molecule has 2 aliphatic rings. The Balaban J connectivity index is 1.52. The number of hydrogen-bond donors (Lipinski definition) is 3. The van der Waals surface area contributed by atoms with E-state index in [1.54, 1.807) is 9.80 Å². The highest BCUT2D eigenvalue weighted by Gasteiger charge is 2.35. The number of likely N-dealkylation sites (tertiary alicyclic amines) is 1. The fraction of sp³-hybridized carbons (Fsp3) is 0.655. The zero-order valence-electron chi connectivity index (χ0n) is 24.9. The number of piperazine rings is 1. The summed E-state index contributed by atoms with van der Waals surface area (Å²) in [4.78, 5) is 43.5. The van der Waals surface area contributed by atoms with E-state index in [1.807, 2.05) is 30.3 Å². The highest BCUT2D eigenvalue weighted by atomic mass is 16.6. The number of rotatable bonds is 10. The Hall–Kier alpha value is -3.34. The van der Waals surface area contributed by atoms with E-state index >= 15 is 0 Å². The SMILES string of the molecule is COC(=O)N1CCN(C(C)(C)CCC(C#N)C(=O)N2CCCC[C@H](OC(=O)N[C@@H](Cc3ccccc3)B(O)O)C2)CC1. The molecule has 12 nitrogen and oxygen atoms in total. The van der Waals surface area contributed by atoms with Gasteiger partial charge in [0.15, 0.2) is 0 Å². The number of methoxy groups -OCH3 is 1. The standard InChI is InChI=1S/C29H44BN5O7/c1-29(2,35-17-15-33(16-18-35)28(38)41-3)13-12-23(20-31)26(36)34-14-8-7-11-24(21-34)42-27(37)32-25(30(39)40)19-22-9-5-4-6-10-22/h4-6,9-10,23-25,39-40H,7-8,11-19,21H2,1-3H3,(H,32,37)/t23?,24-,25-/m0/s1. The molecule has 3 rings (SSSR count). The second-order valence-corrected chi connectivity index (χ2v) is 11.6. The number of ether oxygens (including phenoxy) is 2. The van der Waals surface area contributed by atoms with Crippen molar-refractivity contribution in [3.8, 4) is 6.07 Å². The predicted molar refractivity (Wildman–Crippen MR) is 156 cm³/mol. The first-order valence-corrected chi connectivity index (χ1v) is 14.7. The molecule has 0 radical (unpaired) electrons. The summed E-state index contributed by atoms with van der Waals surface area (Å²) in [6, 6.07) is 11.3. The fourth-order valence-electron chi connectivity index (χ4n) is 5.58.